The second-order valence-corrected chi connectivity index (χ2v) is 6.71. The zero-order valence-electron chi connectivity index (χ0n) is 11.8. The van der Waals surface area contributed by atoms with Crippen LogP contribution in [0.25, 0.3) is 22.4 Å². The van der Waals surface area contributed by atoms with E-state index in [-0.39, 0.29) is 5.82 Å². The number of nitrogens with zero attached hydrogens (tertiary/aromatic N) is 2. The van der Waals surface area contributed by atoms with Crippen LogP contribution in [-0.4, -0.2) is 9.55 Å². The van der Waals surface area contributed by atoms with Crippen molar-refractivity contribution >= 4 is 27.4 Å². The zero-order valence-corrected chi connectivity index (χ0v) is 12.6. The summed E-state index contributed by atoms with van der Waals surface area (Å²) >= 11 is 1.68. The van der Waals surface area contributed by atoms with E-state index < -0.39 is 0 Å². The smallest absolute Gasteiger partial charge is 0.144 e. The summed E-state index contributed by atoms with van der Waals surface area (Å²) in [5.74, 6) is 0.597. The summed E-state index contributed by atoms with van der Waals surface area (Å²) < 4.78 is 15.4. The van der Waals surface area contributed by atoms with Gasteiger partial charge in [-0.25, -0.2) is 9.37 Å². The second kappa shape index (κ2) is 4.56. The average molecular weight is 301 g/mol. The Hall–Kier alpha value is -1.88. The van der Waals surface area contributed by atoms with Crippen molar-refractivity contribution in [2.24, 2.45) is 7.05 Å². The molecule has 21 heavy (non-hydrogen) atoms. The number of fused-ring (bicyclic) bond motifs is 2. The minimum absolute atomic E-state index is 0.257. The Morgan fingerprint density at radius 2 is 2.10 bits per heavy atom. The van der Waals surface area contributed by atoms with Gasteiger partial charge in [0.2, 0.25) is 0 Å². The number of hydrogen-bond donors (Lipinski definition) is 1. The van der Waals surface area contributed by atoms with E-state index in [1.807, 2.05) is 11.6 Å². The first-order chi connectivity index (χ1) is 10.1. The van der Waals surface area contributed by atoms with Crippen molar-refractivity contribution in [3.05, 3.63) is 34.5 Å². The molecule has 1 aromatic carbocycles. The Balaban J connectivity index is 1.98. The van der Waals surface area contributed by atoms with E-state index in [4.69, 9.17) is 5.73 Å². The first kappa shape index (κ1) is 12.8. The van der Waals surface area contributed by atoms with E-state index >= 15 is 0 Å². The maximum Gasteiger partial charge on any atom is 0.144 e. The number of halogens is 1. The number of aromatic nitrogens is 2. The molecule has 5 heteroatoms. The second-order valence-electron chi connectivity index (χ2n) is 5.58. The van der Waals surface area contributed by atoms with Crippen molar-refractivity contribution in [2.45, 2.75) is 25.7 Å². The summed E-state index contributed by atoms with van der Waals surface area (Å²) in [5, 5.41) is 0.834. The molecule has 0 bridgehead atoms. The molecule has 0 spiro atoms. The number of thiophene rings is 1. The number of benzene rings is 1. The summed E-state index contributed by atoms with van der Waals surface area (Å²) in [7, 11) is 1.97. The minimum Gasteiger partial charge on any atom is -0.390 e. The van der Waals surface area contributed by atoms with Gasteiger partial charge in [-0.2, -0.15) is 0 Å². The normalized spacial score (nSPS) is 14.6. The van der Waals surface area contributed by atoms with Crippen molar-refractivity contribution in [1.29, 1.82) is 0 Å². The highest BCUT2D eigenvalue weighted by Gasteiger charge is 2.23. The van der Waals surface area contributed by atoms with Crippen LogP contribution in [-0.2, 0) is 19.9 Å². The van der Waals surface area contributed by atoms with Gasteiger partial charge in [0.1, 0.15) is 11.6 Å². The number of aryl methyl sites for hydroxylation is 2. The summed E-state index contributed by atoms with van der Waals surface area (Å²) in [6.45, 7) is 0. The summed E-state index contributed by atoms with van der Waals surface area (Å²) in [6, 6.07) is 4.73. The average Bonchev–Trinajstić information content (AvgIpc) is 2.95. The van der Waals surface area contributed by atoms with Gasteiger partial charge in [0.05, 0.1) is 21.6 Å². The van der Waals surface area contributed by atoms with Crippen molar-refractivity contribution in [3.63, 3.8) is 0 Å². The Kier molecular flexibility index (Phi) is 2.79. The Morgan fingerprint density at radius 3 is 2.95 bits per heavy atom. The van der Waals surface area contributed by atoms with Crippen LogP contribution in [0.3, 0.4) is 0 Å². The fourth-order valence-electron chi connectivity index (χ4n) is 3.23. The van der Waals surface area contributed by atoms with Crippen LogP contribution < -0.4 is 5.73 Å². The number of nitrogens with two attached hydrogens (primary N) is 1. The number of rotatable bonds is 1. The van der Waals surface area contributed by atoms with Gasteiger partial charge in [-0.15, -0.1) is 11.3 Å². The maximum atomic E-state index is 13.4. The third-order valence-corrected chi connectivity index (χ3v) is 5.39. The largest absolute Gasteiger partial charge is 0.390 e. The monoisotopic (exact) mass is 301 g/mol. The van der Waals surface area contributed by atoms with Crippen LogP contribution in [0.4, 0.5) is 9.39 Å². The van der Waals surface area contributed by atoms with E-state index in [1.165, 1.54) is 35.4 Å². The number of imidazole rings is 1. The van der Waals surface area contributed by atoms with E-state index in [0.29, 0.717) is 5.52 Å². The lowest BCUT2D eigenvalue weighted by Gasteiger charge is -2.12. The van der Waals surface area contributed by atoms with Crippen LogP contribution in [0.2, 0.25) is 0 Å². The standard InChI is InChI=1S/C16H16FN3S/c1-20-12-7-6-9(17)8-11(12)19-16(20)14-10-4-2-3-5-13(10)21-15(14)18/h6-8H,2-5,18H2,1H3. The topological polar surface area (TPSA) is 43.8 Å². The molecule has 108 valence electrons. The van der Waals surface area contributed by atoms with Crippen molar-refractivity contribution in [3.8, 4) is 11.4 Å². The van der Waals surface area contributed by atoms with Crippen molar-refractivity contribution < 1.29 is 4.39 Å². The molecular formula is C16H16FN3S. The number of anilines is 1. The lowest BCUT2D eigenvalue weighted by Crippen LogP contribution is -2.02. The molecule has 2 N–H and O–H groups in total. The molecule has 0 radical (unpaired) electrons. The van der Waals surface area contributed by atoms with Gasteiger partial charge in [-0.05, 0) is 43.4 Å². The molecule has 0 atom stereocenters. The fourth-order valence-corrected chi connectivity index (χ4v) is 4.38. The van der Waals surface area contributed by atoms with E-state index in [1.54, 1.807) is 17.4 Å². The van der Waals surface area contributed by atoms with Gasteiger partial charge < -0.3 is 10.3 Å². The molecule has 2 aromatic heterocycles. The Labute approximate surface area is 126 Å². The highest BCUT2D eigenvalue weighted by Crippen LogP contribution is 2.42. The molecule has 0 saturated carbocycles. The van der Waals surface area contributed by atoms with Crippen molar-refractivity contribution in [1.82, 2.24) is 9.55 Å². The molecule has 2 heterocycles. The molecule has 0 fully saturated rings. The third kappa shape index (κ3) is 1.87. The van der Waals surface area contributed by atoms with Crippen LogP contribution in [0.5, 0.6) is 0 Å². The van der Waals surface area contributed by atoms with Gasteiger partial charge >= 0.3 is 0 Å². The quantitative estimate of drug-likeness (QED) is 0.741. The zero-order chi connectivity index (χ0) is 14.6. The number of hydrogen-bond acceptors (Lipinski definition) is 3. The molecule has 1 aliphatic carbocycles. The first-order valence-electron chi connectivity index (χ1n) is 7.17. The SMILES string of the molecule is Cn1c(-c2c(N)sc3c2CCCC3)nc2cc(F)ccc21. The predicted molar refractivity (Wildman–Crippen MR) is 85.0 cm³/mol. The molecular weight excluding hydrogens is 285 g/mol. The molecule has 0 aliphatic heterocycles. The minimum atomic E-state index is -0.257. The van der Waals surface area contributed by atoms with E-state index in [0.717, 1.165) is 34.7 Å². The van der Waals surface area contributed by atoms with Crippen LogP contribution >= 0.6 is 11.3 Å². The molecule has 0 saturated heterocycles. The molecule has 0 amide bonds. The van der Waals surface area contributed by atoms with Gasteiger partial charge in [0.25, 0.3) is 0 Å². The first-order valence-corrected chi connectivity index (χ1v) is 7.99. The van der Waals surface area contributed by atoms with Gasteiger partial charge in [0, 0.05) is 18.0 Å². The molecule has 1 aliphatic rings. The van der Waals surface area contributed by atoms with E-state index in [2.05, 4.69) is 4.98 Å². The lowest BCUT2D eigenvalue weighted by molar-refractivity contribution is 0.629. The summed E-state index contributed by atoms with van der Waals surface area (Å²) in [5.41, 5.74) is 10.3. The Morgan fingerprint density at radius 1 is 1.29 bits per heavy atom. The summed E-state index contributed by atoms with van der Waals surface area (Å²) in [4.78, 5) is 6.03. The highest BCUT2D eigenvalue weighted by molar-refractivity contribution is 7.16. The summed E-state index contributed by atoms with van der Waals surface area (Å²) in [6.07, 6.45) is 4.62. The molecule has 0 unspecified atom stereocenters. The van der Waals surface area contributed by atoms with Crippen LogP contribution in [0, 0.1) is 5.82 Å². The van der Waals surface area contributed by atoms with Crippen LogP contribution in [0.15, 0.2) is 18.2 Å². The van der Waals surface area contributed by atoms with Crippen molar-refractivity contribution in [2.75, 3.05) is 5.73 Å². The molecule has 3 nitrogen and oxygen atoms in total. The molecule has 3 aromatic rings. The highest BCUT2D eigenvalue weighted by atomic mass is 32.1. The third-order valence-electron chi connectivity index (χ3n) is 4.27. The lowest BCUT2D eigenvalue weighted by atomic mass is 9.95. The van der Waals surface area contributed by atoms with E-state index in [9.17, 15) is 4.39 Å². The van der Waals surface area contributed by atoms with Crippen LogP contribution in [0.1, 0.15) is 23.3 Å². The van der Waals surface area contributed by atoms with Gasteiger partial charge in [-0.3, -0.25) is 0 Å². The number of nitrogen functional groups attached to an aromatic ring is 1. The van der Waals surface area contributed by atoms with Gasteiger partial charge in [0.15, 0.2) is 0 Å². The molecule has 4 rings (SSSR count). The fraction of sp³-hybridized carbons (Fsp3) is 0.312. The Bertz CT molecular complexity index is 847. The van der Waals surface area contributed by atoms with Gasteiger partial charge in [-0.1, -0.05) is 0 Å². The maximum absolute atomic E-state index is 13.4. The predicted octanol–water partition coefficient (Wildman–Crippen LogP) is 3.90.